The summed E-state index contributed by atoms with van der Waals surface area (Å²) >= 11 is 9.39. The van der Waals surface area contributed by atoms with Gasteiger partial charge in [0.2, 0.25) is 10.0 Å². The molecule has 2 aromatic rings. The Morgan fingerprint density at radius 2 is 1.84 bits per heavy atom. The SMILES string of the molecule is CCN(CC)S(=O)(=O)c1cccc(C(=O)Nc2ccc(Br)cc2Cl)c1. The summed E-state index contributed by atoms with van der Waals surface area (Å²) in [7, 11) is -3.62. The minimum Gasteiger partial charge on any atom is -0.321 e. The van der Waals surface area contributed by atoms with Crippen molar-refractivity contribution in [3.05, 3.63) is 57.5 Å². The molecule has 0 atom stereocenters. The number of anilines is 1. The highest BCUT2D eigenvalue weighted by Crippen LogP contribution is 2.26. The van der Waals surface area contributed by atoms with Crippen molar-refractivity contribution in [1.82, 2.24) is 4.31 Å². The molecular formula is C17H18BrClN2O3S. The van der Waals surface area contributed by atoms with Gasteiger partial charge < -0.3 is 5.32 Å². The van der Waals surface area contributed by atoms with Crippen molar-refractivity contribution in [2.24, 2.45) is 0 Å². The third-order valence-corrected chi connectivity index (χ3v) is 6.47. The predicted molar refractivity (Wildman–Crippen MR) is 104 cm³/mol. The number of halogens is 2. The topological polar surface area (TPSA) is 66.5 Å². The van der Waals surface area contributed by atoms with Gasteiger partial charge in [0.05, 0.1) is 15.6 Å². The van der Waals surface area contributed by atoms with Crippen molar-refractivity contribution in [2.75, 3.05) is 18.4 Å². The van der Waals surface area contributed by atoms with Crippen LogP contribution in [-0.2, 0) is 10.0 Å². The first-order valence-corrected chi connectivity index (χ1v) is 10.3. The van der Waals surface area contributed by atoms with Gasteiger partial charge in [-0.1, -0.05) is 47.4 Å². The van der Waals surface area contributed by atoms with Crippen LogP contribution in [0, 0.1) is 0 Å². The zero-order valence-electron chi connectivity index (χ0n) is 13.8. The number of amides is 1. The van der Waals surface area contributed by atoms with E-state index in [1.165, 1.54) is 16.4 Å². The van der Waals surface area contributed by atoms with Crippen LogP contribution in [0.25, 0.3) is 0 Å². The fourth-order valence-electron chi connectivity index (χ4n) is 2.30. The predicted octanol–water partition coefficient (Wildman–Crippen LogP) is 4.39. The lowest BCUT2D eigenvalue weighted by atomic mass is 10.2. The number of rotatable bonds is 6. The molecule has 2 rings (SSSR count). The number of hydrogen-bond acceptors (Lipinski definition) is 3. The summed E-state index contributed by atoms with van der Waals surface area (Å²) in [5.74, 6) is -0.430. The number of carbonyl (C=O) groups is 1. The quantitative estimate of drug-likeness (QED) is 0.717. The van der Waals surface area contributed by atoms with Crippen LogP contribution in [0.2, 0.25) is 5.02 Å². The average molecular weight is 446 g/mol. The van der Waals surface area contributed by atoms with Gasteiger partial charge in [0.1, 0.15) is 0 Å². The fraction of sp³-hybridized carbons (Fsp3) is 0.235. The molecule has 0 aliphatic carbocycles. The number of carbonyl (C=O) groups excluding carboxylic acids is 1. The molecule has 0 fully saturated rings. The molecule has 0 aromatic heterocycles. The van der Waals surface area contributed by atoms with E-state index in [-0.39, 0.29) is 10.5 Å². The van der Waals surface area contributed by atoms with E-state index in [4.69, 9.17) is 11.6 Å². The summed E-state index contributed by atoms with van der Waals surface area (Å²) < 4.78 is 27.3. The molecular weight excluding hydrogens is 428 g/mol. The van der Waals surface area contributed by atoms with Crippen molar-refractivity contribution in [2.45, 2.75) is 18.7 Å². The smallest absolute Gasteiger partial charge is 0.255 e. The second kappa shape index (κ2) is 8.31. The first-order chi connectivity index (χ1) is 11.8. The lowest BCUT2D eigenvalue weighted by Gasteiger charge is -2.18. The van der Waals surface area contributed by atoms with Gasteiger partial charge in [-0.15, -0.1) is 0 Å². The average Bonchev–Trinajstić information content (AvgIpc) is 2.58. The molecule has 0 spiro atoms. The Balaban J connectivity index is 2.30. The highest BCUT2D eigenvalue weighted by atomic mass is 79.9. The van der Waals surface area contributed by atoms with Gasteiger partial charge in [-0.2, -0.15) is 4.31 Å². The van der Waals surface area contributed by atoms with Crippen LogP contribution in [0.5, 0.6) is 0 Å². The van der Waals surface area contributed by atoms with Crippen molar-refractivity contribution in [3.8, 4) is 0 Å². The van der Waals surface area contributed by atoms with E-state index in [0.717, 1.165) is 4.47 Å². The van der Waals surface area contributed by atoms with Crippen LogP contribution in [0.3, 0.4) is 0 Å². The summed E-state index contributed by atoms with van der Waals surface area (Å²) in [6.45, 7) is 4.27. The largest absolute Gasteiger partial charge is 0.321 e. The van der Waals surface area contributed by atoms with Crippen molar-refractivity contribution in [3.63, 3.8) is 0 Å². The Morgan fingerprint density at radius 3 is 2.44 bits per heavy atom. The number of benzene rings is 2. The molecule has 25 heavy (non-hydrogen) atoms. The summed E-state index contributed by atoms with van der Waals surface area (Å²) in [4.78, 5) is 12.5. The molecule has 5 nitrogen and oxygen atoms in total. The Morgan fingerprint density at radius 1 is 1.16 bits per heavy atom. The number of nitrogens with zero attached hydrogens (tertiary/aromatic N) is 1. The Bertz CT molecular complexity index is 883. The fourth-order valence-corrected chi connectivity index (χ4v) is 4.52. The van der Waals surface area contributed by atoms with Crippen molar-refractivity contribution < 1.29 is 13.2 Å². The zero-order chi connectivity index (χ0) is 18.6. The van der Waals surface area contributed by atoms with Gasteiger partial charge in [-0.3, -0.25) is 4.79 Å². The third-order valence-electron chi connectivity index (χ3n) is 3.62. The van der Waals surface area contributed by atoms with Gasteiger partial charge in [0, 0.05) is 23.1 Å². The van der Waals surface area contributed by atoms with Crippen LogP contribution in [-0.4, -0.2) is 31.7 Å². The standard InChI is InChI=1S/C17H18BrClN2O3S/c1-3-21(4-2)25(23,24)14-7-5-6-12(10-14)17(22)20-16-9-8-13(18)11-15(16)19/h5-11H,3-4H2,1-2H3,(H,20,22). The van der Waals surface area contributed by atoms with Crippen LogP contribution in [0.1, 0.15) is 24.2 Å². The van der Waals surface area contributed by atoms with E-state index in [2.05, 4.69) is 21.2 Å². The van der Waals surface area contributed by atoms with E-state index >= 15 is 0 Å². The van der Waals surface area contributed by atoms with Gasteiger partial charge in [0.25, 0.3) is 5.91 Å². The summed E-state index contributed by atoms with van der Waals surface area (Å²) in [5.41, 5.74) is 0.694. The molecule has 134 valence electrons. The van der Waals surface area contributed by atoms with E-state index in [1.807, 2.05) is 0 Å². The number of hydrogen-bond donors (Lipinski definition) is 1. The molecule has 0 unspecified atom stereocenters. The second-order valence-corrected chi connectivity index (χ2v) is 8.46. The van der Waals surface area contributed by atoms with Gasteiger partial charge in [-0.25, -0.2) is 8.42 Å². The van der Waals surface area contributed by atoms with E-state index in [1.54, 1.807) is 44.2 Å². The van der Waals surface area contributed by atoms with Crippen LogP contribution < -0.4 is 5.32 Å². The highest BCUT2D eigenvalue weighted by molar-refractivity contribution is 9.10. The maximum atomic E-state index is 12.6. The lowest BCUT2D eigenvalue weighted by molar-refractivity contribution is 0.102. The number of sulfonamides is 1. The third kappa shape index (κ3) is 4.61. The first kappa shape index (κ1) is 19.9. The van der Waals surface area contributed by atoms with E-state index in [0.29, 0.717) is 23.8 Å². The first-order valence-electron chi connectivity index (χ1n) is 7.66. The molecule has 0 bridgehead atoms. The molecule has 0 heterocycles. The van der Waals surface area contributed by atoms with Crippen molar-refractivity contribution >= 4 is 49.1 Å². The highest BCUT2D eigenvalue weighted by Gasteiger charge is 2.22. The summed E-state index contributed by atoms with van der Waals surface area (Å²) in [6.07, 6.45) is 0. The molecule has 0 radical (unpaired) electrons. The Hall–Kier alpha value is -1.41. The normalized spacial score (nSPS) is 11.6. The Kier molecular flexibility index (Phi) is 6.62. The molecule has 1 amide bonds. The Labute approximate surface area is 161 Å². The van der Waals surface area contributed by atoms with Gasteiger partial charge in [0.15, 0.2) is 0 Å². The molecule has 0 aliphatic heterocycles. The molecule has 0 aliphatic rings. The van der Waals surface area contributed by atoms with Crippen LogP contribution >= 0.6 is 27.5 Å². The monoisotopic (exact) mass is 444 g/mol. The molecule has 0 saturated carbocycles. The summed E-state index contributed by atoms with van der Waals surface area (Å²) in [6, 6.07) is 11.0. The van der Waals surface area contributed by atoms with Gasteiger partial charge in [-0.05, 0) is 36.4 Å². The summed E-state index contributed by atoms with van der Waals surface area (Å²) in [5, 5.41) is 3.07. The molecule has 8 heteroatoms. The van der Waals surface area contributed by atoms with E-state index in [9.17, 15) is 13.2 Å². The molecule has 0 saturated heterocycles. The van der Waals surface area contributed by atoms with Crippen molar-refractivity contribution in [1.29, 1.82) is 0 Å². The van der Waals surface area contributed by atoms with E-state index < -0.39 is 15.9 Å². The maximum Gasteiger partial charge on any atom is 0.255 e. The second-order valence-electron chi connectivity index (χ2n) is 5.20. The minimum absolute atomic E-state index is 0.0887. The minimum atomic E-state index is -3.62. The lowest BCUT2D eigenvalue weighted by Crippen LogP contribution is -2.30. The molecule has 2 aromatic carbocycles. The van der Waals surface area contributed by atoms with Crippen LogP contribution in [0.15, 0.2) is 51.8 Å². The van der Waals surface area contributed by atoms with Crippen LogP contribution in [0.4, 0.5) is 5.69 Å². The maximum absolute atomic E-state index is 12.6. The number of nitrogens with one attached hydrogen (secondary N) is 1. The molecule has 1 N–H and O–H groups in total. The zero-order valence-corrected chi connectivity index (χ0v) is 17.0. The van der Waals surface area contributed by atoms with Gasteiger partial charge >= 0.3 is 0 Å².